The van der Waals surface area contributed by atoms with E-state index in [0.29, 0.717) is 40.2 Å². The summed E-state index contributed by atoms with van der Waals surface area (Å²) in [6, 6.07) is 9.39. The first-order valence-corrected chi connectivity index (χ1v) is 11.6. The summed E-state index contributed by atoms with van der Waals surface area (Å²) >= 11 is 6.68. The average Bonchev–Trinajstić information content (AvgIpc) is 3.41. The molecule has 4 aromatic rings. The standard InChI is InChI=1S/C25H26ClN5O3/c1-15-6-9-27-17(10-15)12-31-22(19-5-4-18(11-20(19)26)33-13-16(2)32)30-21-23(31)28-14-29-24(21)34-25(3)7-8-25/h4-6,9-11,14,16,32H,7-8,12-13H2,1-3H3/t16-/m1/s1. The predicted molar refractivity (Wildman–Crippen MR) is 129 cm³/mol. The van der Waals surface area contributed by atoms with E-state index in [1.54, 1.807) is 19.2 Å². The summed E-state index contributed by atoms with van der Waals surface area (Å²) in [5.74, 6) is 1.68. The lowest BCUT2D eigenvalue weighted by Gasteiger charge is -2.12. The summed E-state index contributed by atoms with van der Waals surface area (Å²) in [7, 11) is 0. The fourth-order valence-corrected chi connectivity index (χ4v) is 3.94. The zero-order chi connectivity index (χ0) is 23.9. The number of aliphatic hydroxyl groups excluding tert-OH is 1. The van der Waals surface area contributed by atoms with Crippen LogP contribution in [-0.4, -0.2) is 47.9 Å². The van der Waals surface area contributed by atoms with Crippen molar-refractivity contribution in [1.29, 1.82) is 0 Å². The third-order valence-electron chi connectivity index (χ3n) is 5.76. The number of benzene rings is 1. The molecule has 1 aliphatic carbocycles. The molecular weight excluding hydrogens is 454 g/mol. The number of aryl methyl sites for hydroxylation is 1. The van der Waals surface area contributed by atoms with Crippen molar-refractivity contribution in [2.45, 2.75) is 51.9 Å². The molecule has 1 aromatic carbocycles. The number of hydrogen-bond donors (Lipinski definition) is 1. The van der Waals surface area contributed by atoms with Gasteiger partial charge in [-0.3, -0.25) is 4.98 Å². The summed E-state index contributed by atoms with van der Waals surface area (Å²) < 4.78 is 13.8. The quantitative estimate of drug-likeness (QED) is 0.395. The van der Waals surface area contributed by atoms with Crippen LogP contribution in [0.4, 0.5) is 0 Å². The Kier molecular flexibility index (Phi) is 5.87. The SMILES string of the molecule is Cc1ccnc(Cn2c(-c3ccc(OC[C@@H](C)O)cc3Cl)nc3c(OC4(C)CC4)ncnc32)c1. The molecule has 3 heterocycles. The van der Waals surface area contributed by atoms with E-state index in [1.807, 2.05) is 35.8 Å². The number of pyridine rings is 1. The van der Waals surface area contributed by atoms with Gasteiger partial charge in [-0.15, -0.1) is 0 Å². The molecule has 0 aliphatic heterocycles. The summed E-state index contributed by atoms with van der Waals surface area (Å²) in [6.45, 7) is 6.41. The second-order valence-electron chi connectivity index (χ2n) is 9.05. The number of halogens is 1. The molecule has 1 N–H and O–H groups in total. The van der Waals surface area contributed by atoms with E-state index in [2.05, 4.69) is 21.9 Å². The molecule has 0 spiro atoms. The lowest BCUT2D eigenvalue weighted by atomic mass is 10.2. The second kappa shape index (κ2) is 8.85. The van der Waals surface area contributed by atoms with E-state index in [9.17, 15) is 5.11 Å². The highest BCUT2D eigenvalue weighted by molar-refractivity contribution is 6.33. The molecule has 0 amide bonds. The van der Waals surface area contributed by atoms with Gasteiger partial charge >= 0.3 is 0 Å². The highest BCUT2D eigenvalue weighted by Crippen LogP contribution is 2.41. The molecule has 5 rings (SSSR count). The number of aromatic nitrogens is 5. The Morgan fingerprint density at radius 3 is 2.71 bits per heavy atom. The minimum Gasteiger partial charge on any atom is -0.491 e. The van der Waals surface area contributed by atoms with Crippen LogP contribution in [0.5, 0.6) is 11.6 Å². The van der Waals surface area contributed by atoms with E-state index in [4.69, 9.17) is 26.1 Å². The summed E-state index contributed by atoms with van der Waals surface area (Å²) in [4.78, 5) is 18.3. The molecule has 1 fully saturated rings. The summed E-state index contributed by atoms with van der Waals surface area (Å²) in [5, 5.41) is 9.97. The monoisotopic (exact) mass is 479 g/mol. The minimum atomic E-state index is -0.574. The predicted octanol–water partition coefficient (Wildman–Crippen LogP) is 4.59. The van der Waals surface area contributed by atoms with Gasteiger partial charge in [0, 0.05) is 11.8 Å². The van der Waals surface area contributed by atoms with Crippen LogP contribution >= 0.6 is 11.6 Å². The van der Waals surface area contributed by atoms with Crippen LogP contribution in [0.3, 0.4) is 0 Å². The summed E-state index contributed by atoms with van der Waals surface area (Å²) in [6.07, 6.45) is 4.69. The van der Waals surface area contributed by atoms with E-state index in [0.717, 1.165) is 29.7 Å². The van der Waals surface area contributed by atoms with Gasteiger partial charge in [-0.05, 0) is 69.5 Å². The van der Waals surface area contributed by atoms with Crippen molar-refractivity contribution >= 4 is 22.8 Å². The van der Waals surface area contributed by atoms with Gasteiger partial charge in [-0.25, -0.2) is 9.97 Å². The number of fused-ring (bicyclic) bond motifs is 1. The Morgan fingerprint density at radius 1 is 1.18 bits per heavy atom. The van der Waals surface area contributed by atoms with Gasteiger partial charge in [0.15, 0.2) is 11.2 Å². The number of hydrogen-bond acceptors (Lipinski definition) is 7. The molecule has 8 nitrogen and oxygen atoms in total. The van der Waals surface area contributed by atoms with Crippen LogP contribution in [0.25, 0.3) is 22.6 Å². The first-order valence-electron chi connectivity index (χ1n) is 11.2. The lowest BCUT2D eigenvalue weighted by Crippen LogP contribution is -2.13. The van der Waals surface area contributed by atoms with Crippen LogP contribution in [0.1, 0.15) is 37.9 Å². The van der Waals surface area contributed by atoms with Crippen molar-refractivity contribution in [2.24, 2.45) is 0 Å². The third kappa shape index (κ3) is 4.69. The zero-order valence-electron chi connectivity index (χ0n) is 19.3. The van der Waals surface area contributed by atoms with Gasteiger partial charge < -0.3 is 19.1 Å². The molecule has 34 heavy (non-hydrogen) atoms. The smallest absolute Gasteiger partial charge is 0.245 e. The molecule has 1 atom stereocenters. The van der Waals surface area contributed by atoms with Crippen LogP contribution in [0, 0.1) is 6.92 Å². The van der Waals surface area contributed by atoms with E-state index >= 15 is 0 Å². The molecule has 9 heteroatoms. The van der Waals surface area contributed by atoms with Gasteiger partial charge in [0.2, 0.25) is 5.88 Å². The Labute approximate surface area is 202 Å². The first-order chi connectivity index (χ1) is 16.3. The maximum atomic E-state index is 9.50. The van der Waals surface area contributed by atoms with Crippen molar-refractivity contribution in [3.05, 3.63) is 59.1 Å². The molecule has 3 aromatic heterocycles. The zero-order valence-corrected chi connectivity index (χ0v) is 20.1. The van der Waals surface area contributed by atoms with Crippen LogP contribution in [-0.2, 0) is 6.54 Å². The number of aliphatic hydroxyl groups is 1. The largest absolute Gasteiger partial charge is 0.491 e. The average molecular weight is 480 g/mol. The number of imidazole rings is 1. The fraction of sp³-hybridized carbons (Fsp3) is 0.360. The Hall–Kier alpha value is -3.23. The van der Waals surface area contributed by atoms with Crippen molar-refractivity contribution in [1.82, 2.24) is 24.5 Å². The van der Waals surface area contributed by atoms with Gasteiger partial charge in [-0.1, -0.05) is 11.6 Å². The van der Waals surface area contributed by atoms with Gasteiger partial charge in [0.1, 0.15) is 30.1 Å². The fourth-order valence-electron chi connectivity index (χ4n) is 3.69. The Balaban J connectivity index is 1.61. The highest BCUT2D eigenvalue weighted by atomic mass is 35.5. The molecule has 176 valence electrons. The maximum Gasteiger partial charge on any atom is 0.245 e. The molecule has 1 aliphatic rings. The molecule has 0 unspecified atom stereocenters. The van der Waals surface area contributed by atoms with Gasteiger partial charge in [0.25, 0.3) is 0 Å². The molecular formula is C25H26ClN5O3. The Bertz CT molecular complexity index is 1350. The number of nitrogens with zero attached hydrogens (tertiary/aromatic N) is 5. The lowest BCUT2D eigenvalue weighted by molar-refractivity contribution is 0.123. The normalized spacial score (nSPS) is 15.3. The van der Waals surface area contributed by atoms with Gasteiger partial charge in [0.05, 0.1) is 23.4 Å². The van der Waals surface area contributed by atoms with Crippen molar-refractivity contribution in [2.75, 3.05) is 6.61 Å². The first kappa shape index (κ1) is 22.6. The molecule has 1 saturated carbocycles. The van der Waals surface area contributed by atoms with Crippen molar-refractivity contribution < 1.29 is 14.6 Å². The minimum absolute atomic E-state index is 0.183. The topological polar surface area (TPSA) is 95.2 Å². The van der Waals surface area contributed by atoms with E-state index in [1.165, 1.54) is 6.33 Å². The highest BCUT2D eigenvalue weighted by Gasteiger charge is 2.41. The van der Waals surface area contributed by atoms with Crippen LogP contribution in [0.2, 0.25) is 5.02 Å². The summed E-state index contributed by atoms with van der Waals surface area (Å²) in [5.41, 5.74) is 3.75. The molecule has 0 bridgehead atoms. The number of rotatable bonds is 8. The van der Waals surface area contributed by atoms with Crippen LogP contribution < -0.4 is 9.47 Å². The molecule has 0 saturated heterocycles. The van der Waals surface area contributed by atoms with Gasteiger partial charge in [-0.2, -0.15) is 4.98 Å². The van der Waals surface area contributed by atoms with Crippen molar-refractivity contribution in [3.8, 4) is 23.0 Å². The third-order valence-corrected chi connectivity index (χ3v) is 6.07. The van der Waals surface area contributed by atoms with Crippen molar-refractivity contribution in [3.63, 3.8) is 0 Å². The van der Waals surface area contributed by atoms with E-state index < -0.39 is 6.10 Å². The number of ether oxygens (including phenoxy) is 2. The van der Waals surface area contributed by atoms with E-state index in [-0.39, 0.29) is 12.2 Å². The van der Waals surface area contributed by atoms with Crippen LogP contribution in [0.15, 0.2) is 42.9 Å². The second-order valence-corrected chi connectivity index (χ2v) is 9.46. The maximum absolute atomic E-state index is 9.50. The Morgan fingerprint density at radius 2 is 2.00 bits per heavy atom. The molecule has 0 radical (unpaired) electrons.